The molecule has 0 aliphatic rings. The number of aromatic nitrogens is 1. The van der Waals surface area contributed by atoms with E-state index in [1.54, 1.807) is 31.3 Å². The molecular weight excluding hydrogens is 286 g/mol. The van der Waals surface area contributed by atoms with Gasteiger partial charge in [-0.2, -0.15) is 0 Å². The minimum atomic E-state index is -0.558. The lowest BCUT2D eigenvalue weighted by atomic mass is 10.1. The zero-order valence-electron chi connectivity index (χ0n) is 11.5. The maximum Gasteiger partial charge on any atom is 0.219 e. The van der Waals surface area contributed by atoms with Crippen molar-refractivity contribution in [1.29, 1.82) is 0 Å². The van der Waals surface area contributed by atoms with Gasteiger partial charge in [-0.15, -0.1) is 0 Å². The standard InChI is InChI=1S/C17H14ClNO2/c1-11(20)12-8-9-19-17(10-12)21-16-7-6-15(18)13-4-2-3-5-14(13)16/h2-11,20H,1H3/t11-/m1/s1. The Morgan fingerprint density at radius 3 is 2.62 bits per heavy atom. The Morgan fingerprint density at radius 2 is 1.86 bits per heavy atom. The van der Waals surface area contributed by atoms with Crippen molar-refractivity contribution in [1.82, 2.24) is 4.98 Å². The third-order valence-corrected chi connectivity index (χ3v) is 3.62. The number of nitrogens with zero attached hydrogens (tertiary/aromatic N) is 1. The van der Waals surface area contributed by atoms with Gasteiger partial charge < -0.3 is 9.84 Å². The highest BCUT2D eigenvalue weighted by Crippen LogP contribution is 2.33. The van der Waals surface area contributed by atoms with Crippen molar-refractivity contribution >= 4 is 22.4 Å². The first kappa shape index (κ1) is 13.9. The van der Waals surface area contributed by atoms with Gasteiger partial charge in [-0.25, -0.2) is 4.98 Å². The first-order valence-electron chi connectivity index (χ1n) is 6.64. The molecule has 21 heavy (non-hydrogen) atoms. The van der Waals surface area contributed by atoms with Gasteiger partial charge in [0, 0.05) is 28.1 Å². The SMILES string of the molecule is C[C@@H](O)c1ccnc(Oc2ccc(Cl)c3ccccc23)c1. The molecule has 1 atom stereocenters. The van der Waals surface area contributed by atoms with E-state index in [9.17, 15) is 5.11 Å². The van der Waals surface area contributed by atoms with Crippen LogP contribution in [0.5, 0.6) is 11.6 Å². The van der Waals surface area contributed by atoms with Gasteiger partial charge in [0.25, 0.3) is 0 Å². The van der Waals surface area contributed by atoms with Gasteiger partial charge in [-0.1, -0.05) is 35.9 Å². The lowest BCUT2D eigenvalue weighted by Crippen LogP contribution is -1.94. The Balaban J connectivity index is 2.02. The zero-order valence-corrected chi connectivity index (χ0v) is 12.2. The van der Waals surface area contributed by atoms with Crippen LogP contribution < -0.4 is 4.74 Å². The summed E-state index contributed by atoms with van der Waals surface area (Å²) in [6.07, 6.45) is 1.06. The van der Waals surface area contributed by atoms with E-state index in [1.807, 2.05) is 30.3 Å². The molecular formula is C17H14ClNO2. The van der Waals surface area contributed by atoms with Gasteiger partial charge in [0.2, 0.25) is 5.88 Å². The molecule has 0 aliphatic heterocycles. The summed E-state index contributed by atoms with van der Waals surface area (Å²) < 4.78 is 5.86. The fraction of sp³-hybridized carbons (Fsp3) is 0.118. The lowest BCUT2D eigenvalue weighted by molar-refractivity contribution is 0.198. The molecule has 0 unspecified atom stereocenters. The molecule has 0 amide bonds. The van der Waals surface area contributed by atoms with Crippen LogP contribution in [0.15, 0.2) is 54.7 Å². The third-order valence-electron chi connectivity index (χ3n) is 3.29. The average Bonchev–Trinajstić information content (AvgIpc) is 2.51. The second kappa shape index (κ2) is 5.72. The number of aliphatic hydroxyl groups is 1. The summed E-state index contributed by atoms with van der Waals surface area (Å²) in [6, 6.07) is 14.9. The van der Waals surface area contributed by atoms with Crippen molar-refractivity contribution in [2.45, 2.75) is 13.0 Å². The number of hydrogen-bond acceptors (Lipinski definition) is 3. The zero-order chi connectivity index (χ0) is 14.8. The van der Waals surface area contributed by atoms with E-state index in [1.165, 1.54) is 0 Å². The number of rotatable bonds is 3. The molecule has 0 saturated heterocycles. The number of hydrogen-bond donors (Lipinski definition) is 1. The van der Waals surface area contributed by atoms with Crippen molar-refractivity contribution in [3.63, 3.8) is 0 Å². The molecule has 0 bridgehead atoms. The van der Waals surface area contributed by atoms with Gasteiger partial charge in [0.1, 0.15) is 5.75 Å². The summed E-state index contributed by atoms with van der Waals surface area (Å²) in [7, 11) is 0. The largest absolute Gasteiger partial charge is 0.438 e. The minimum absolute atomic E-state index is 0.445. The third kappa shape index (κ3) is 2.84. The molecule has 3 nitrogen and oxygen atoms in total. The molecule has 106 valence electrons. The van der Waals surface area contributed by atoms with E-state index in [4.69, 9.17) is 16.3 Å². The van der Waals surface area contributed by atoms with Crippen molar-refractivity contribution in [2.24, 2.45) is 0 Å². The predicted octanol–water partition coefficient (Wildman–Crippen LogP) is 4.73. The Morgan fingerprint density at radius 1 is 1.10 bits per heavy atom. The fourth-order valence-corrected chi connectivity index (χ4v) is 2.40. The minimum Gasteiger partial charge on any atom is -0.438 e. The maximum absolute atomic E-state index is 9.62. The fourth-order valence-electron chi connectivity index (χ4n) is 2.18. The average molecular weight is 300 g/mol. The van der Waals surface area contributed by atoms with Gasteiger partial charge in [-0.05, 0) is 30.7 Å². The van der Waals surface area contributed by atoms with Crippen LogP contribution in [0.2, 0.25) is 5.02 Å². The normalized spacial score (nSPS) is 12.3. The number of pyridine rings is 1. The van der Waals surface area contributed by atoms with Crippen LogP contribution in [0.3, 0.4) is 0 Å². The Bertz CT molecular complexity index is 787. The van der Waals surface area contributed by atoms with E-state index in [0.29, 0.717) is 16.7 Å². The molecule has 0 spiro atoms. The van der Waals surface area contributed by atoms with Crippen LogP contribution in [-0.4, -0.2) is 10.1 Å². The van der Waals surface area contributed by atoms with Crippen LogP contribution in [0.1, 0.15) is 18.6 Å². The van der Waals surface area contributed by atoms with E-state index in [0.717, 1.165) is 16.3 Å². The lowest BCUT2D eigenvalue weighted by Gasteiger charge is -2.11. The molecule has 4 heteroatoms. The summed E-state index contributed by atoms with van der Waals surface area (Å²) in [5.41, 5.74) is 0.762. The number of fused-ring (bicyclic) bond motifs is 1. The van der Waals surface area contributed by atoms with Crippen molar-refractivity contribution in [2.75, 3.05) is 0 Å². The van der Waals surface area contributed by atoms with Crippen LogP contribution in [-0.2, 0) is 0 Å². The number of benzene rings is 2. The Hall–Kier alpha value is -2.10. The van der Waals surface area contributed by atoms with Gasteiger partial charge in [0.15, 0.2) is 0 Å². The van der Waals surface area contributed by atoms with Crippen molar-refractivity contribution < 1.29 is 9.84 Å². The van der Waals surface area contributed by atoms with E-state index < -0.39 is 6.10 Å². The quantitative estimate of drug-likeness (QED) is 0.760. The van der Waals surface area contributed by atoms with Crippen molar-refractivity contribution in [3.8, 4) is 11.6 Å². The maximum atomic E-state index is 9.62. The molecule has 0 saturated carbocycles. The Labute approximate surface area is 127 Å². The second-order valence-corrected chi connectivity index (χ2v) is 5.20. The summed E-state index contributed by atoms with van der Waals surface area (Å²) in [4.78, 5) is 4.18. The smallest absolute Gasteiger partial charge is 0.219 e. The van der Waals surface area contributed by atoms with Gasteiger partial charge >= 0.3 is 0 Å². The topological polar surface area (TPSA) is 42.4 Å². The molecule has 3 aromatic rings. The molecule has 1 aromatic heterocycles. The first-order chi connectivity index (χ1) is 10.1. The molecule has 1 N–H and O–H groups in total. The van der Waals surface area contributed by atoms with Crippen LogP contribution in [0, 0.1) is 0 Å². The second-order valence-electron chi connectivity index (χ2n) is 4.80. The molecule has 2 aromatic carbocycles. The highest BCUT2D eigenvalue weighted by molar-refractivity contribution is 6.35. The summed E-state index contributed by atoms with van der Waals surface area (Å²) in [5, 5.41) is 12.2. The summed E-state index contributed by atoms with van der Waals surface area (Å²) >= 11 is 6.19. The highest BCUT2D eigenvalue weighted by Gasteiger charge is 2.08. The molecule has 3 rings (SSSR count). The van der Waals surface area contributed by atoms with Crippen LogP contribution in [0.4, 0.5) is 0 Å². The number of ether oxygens (including phenoxy) is 1. The monoisotopic (exact) mass is 299 g/mol. The molecule has 0 fully saturated rings. The summed E-state index contributed by atoms with van der Waals surface area (Å²) in [6.45, 7) is 1.71. The van der Waals surface area contributed by atoms with E-state index >= 15 is 0 Å². The van der Waals surface area contributed by atoms with E-state index in [2.05, 4.69) is 4.98 Å². The first-order valence-corrected chi connectivity index (χ1v) is 7.02. The molecule has 1 heterocycles. The summed E-state index contributed by atoms with van der Waals surface area (Å²) in [5.74, 6) is 1.13. The van der Waals surface area contributed by atoms with E-state index in [-0.39, 0.29) is 0 Å². The van der Waals surface area contributed by atoms with Gasteiger partial charge in [0.05, 0.1) is 6.10 Å². The van der Waals surface area contributed by atoms with Crippen LogP contribution in [0.25, 0.3) is 10.8 Å². The van der Waals surface area contributed by atoms with Crippen LogP contribution >= 0.6 is 11.6 Å². The highest BCUT2D eigenvalue weighted by atomic mass is 35.5. The number of halogens is 1. The van der Waals surface area contributed by atoms with Gasteiger partial charge in [-0.3, -0.25) is 0 Å². The predicted molar refractivity (Wildman–Crippen MR) is 83.9 cm³/mol. The molecule has 0 aliphatic carbocycles. The number of aliphatic hydroxyl groups excluding tert-OH is 1. The van der Waals surface area contributed by atoms with Crippen molar-refractivity contribution in [3.05, 3.63) is 65.3 Å². The molecule has 0 radical (unpaired) electrons. The Kier molecular flexibility index (Phi) is 3.78.